The fourth-order valence-corrected chi connectivity index (χ4v) is 0. The van der Waals surface area contributed by atoms with Crippen molar-refractivity contribution in [3.63, 3.8) is 0 Å². The quantitative estimate of drug-likeness (QED) is 0.421. The van der Waals surface area contributed by atoms with Gasteiger partial charge in [-0.05, 0) is 0 Å². The minimum absolute atomic E-state index is 0. The smallest absolute Gasteiger partial charge is 2.00 e. The second kappa shape index (κ2) is 156. The molecule has 0 radical (unpaired) electrons. The first kappa shape index (κ1) is 201. The zero-order chi connectivity index (χ0) is 0. The van der Waals surface area contributed by atoms with E-state index < -0.39 is 0 Å². The van der Waals surface area contributed by atoms with Gasteiger partial charge in [0.1, 0.15) is 0 Å². The molecule has 0 bridgehead atoms. The molecule has 0 aliphatic heterocycles. The molecule has 0 saturated heterocycles. The Bertz CT molecular complexity index is 15.7. The predicted molar refractivity (Wildman–Crippen MR) is 12.8 cm³/mol. The average Bonchev–Trinajstić information content (AvgIpc) is 0. The molecule has 0 atom stereocenters. The number of hydrogen-bond acceptors (Lipinski definition) is 0. The Kier molecular flexibility index (Phi) is 3130. The van der Waals surface area contributed by atoms with E-state index in [0.717, 1.165) is 0 Å². The van der Waals surface area contributed by atoms with E-state index in [-0.39, 0.29) is 138 Å². The summed E-state index contributed by atoms with van der Waals surface area (Å²) in [5.41, 5.74) is 0. The van der Waals surface area contributed by atoms with Gasteiger partial charge in [0.25, 0.3) is 0 Å². The van der Waals surface area contributed by atoms with Gasteiger partial charge < -0.3 is 32.9 Å². The van der Waals surface area contributed by atoms with Gasteiger partial charge in [-0.1, -0.05) is 0 Å². The van der Waals surface area contributed by atoms with Crippen molar-refractivity contribution in [3.05, 3.63) is 0 Å². The van der Waals surface area contributed by atoms with E-state index in [9.17, 15) is 0 Å². The monoisotopic (exact) mass is 396 g/mol. The third-order valence-electron chi connectivity index (χ3n) is 0. The van der Waals surface area contributed by atoms with E-state index in [1.807, 2.05) is 0 Å². The van der Waals surface area contributed by atoms with Gasteiger partial charge in [0.15, 0.2) is 0 Å². The first-order valence-corrected chi connectivity index (χ1v) is 0. The normalized spacial score (nSPS) is 0. The first-order valence-electron chi connectivity index (χ1n) is 0. The Morgan fingerprint density at radius 1 is 0.500 bits per heavy atom. The molecule has 6 nitrogen and oxygen atoms in total. The molecule has 0 aliphatic rings. The van der Waals surface area contributed by atoms with Crippen molar-refractivity contribution in [1.82, 2.24) is 0 Å². The summed E-state index contributed by atoms with van der Waals surface area (Å²) in [4.78, 5) is 0. The minimum Gasteiger partial charge on any atom is -2.00 e. The van der Waals surface area contributed by atoms with Gasteiger partial charge in [0, 0.05) is 0 Å². The molecule has 0 aromatic heterocycles. The maximum absolute atomic E-state index is 0. The summed E-state index contributed by atoms with van der Waals surface area (Å²) in [7, 11) is 0. The largest absolute Gasteiger partial charge is 4.00 e. The van der Waals surface area contributed by atoms with Crippen LogP contribution in [-0.4, -0.2) is 54.4 Å². The molecule has 0 spiro atoms. The molecule has 0 fully saturated rings. The summed E-state index contributed by atoms with van der Waals surface area (Å²) in [6.45, 7) is 0. The van der Waals surface area contributed by atoms with E-state index in [4.69, 9.17) is 0 Å². The van der Waals surface area contributed by atoms with Crippen LogP contribution in [0, 0.1) is 0 Å². The summed E-state index contributed by atoms with van der Waals surface area (Å²) >= 11 is 0. The van der Waals surface area contributed by atoms with Crippen LogP contribution in [0.2, 0.25) is 0 Å². The fourth-order valence-electron chi connectivity index (χ4n) is 0. The van der Waals surface area contributed by atoms with Crippen LogP contribution in [0.1, 0.15) is 0 Å². The molecule has 0 aromatic rings. The predicted octanol–water partition coefficient (Wildman–Crippen LogP) is -1.81. The van der Waals surface area contributed by atoms with Gasteiger partial charge in [-0.3, -0.25) is 0 Å². The molecule has 0 heterocycles. The molecule has 0 aromatic carbocycles. The zero-order valence-corrected chi connectivity index (χ0v) is 12.7. The van der Waals surface area contributed by atoms with E-state index in [1.54, 1.807) is 0 Å². The zero-order valence-electron chi connectivity index (χ0n) is 4.46. The first-order chi connectivity index (χ1) is 0. The van der Waals surface area contributed by atoms with Crippen molar-refractivity contribution < 1.29 is 88.7 Å². The number of rotatable bonds is 0. The van der Waals surface area contributed by atoms with Crippen LogP contribution in [-0.2, 0) is 83.2 Å². The average molecular weight is 395 g/mol. The Hall–Kier alpha value is 3.08. The van der Waals surface area contributed by atoms with Crippen LogP contribution in [0.15, 0.2) is 0 Å². The van der Waals surface area contributed by atoms with Crippen molar-refractivity contribution in [1.29, 1.82) is 0 Å². The Labute approximate surface area is 135 Å². The molecular formula is H2BaFe2O6Ti. The molecule has 0 unspecified atom stereocenters. The van der Waals surface area contributed by atoms with Crippen molar-refractivity contribution in [2.24, 2.45) is 0 Å². The van der Waals surface area contributed by atoms with E-state index in [0.29, 0.717) is 0 Å². The summed E-state index contributed by atoms with van der Waals surface area (Å²) in [6, 6.07) is 0. The number of hydrogen-bond donors (Lipinski definition) is 0. The van der Waals surface area contributed by atoms with Crippen LogP contribution in [0.5, 0.6) is 0 Å². The SMILES string of the molecule is O.[Ba+2].[Fe+2].[Fe+2].[O-2].[O-2].[O-2].[O-2].[O-2].[Ti+4]. The van der Waals surface area contributed by atoms with Gasteiger partial charge in [0.2, 0.25) is 0 Å². The van der Waals surface area contributed by atoms with Crippen LogP contribution in [0.3, 0.4) is 0 Å². The second-order valence-corrected chi connectivity index (χ2v) is 0. The van der Waals surface area contributed by atoms with Crippen molar-refractivity contribution >= 4 is 48.9 Å². The molecule has 0 amide bonds. The van der Waals surface area contributed by atoms with E-state index in [2.05, 4.69) is 0 Å². The third-order valence-corrected chi connectivity index (χ3v) is 0. The summed E-state index contributed by atoms with van der Waals surface area (Å²) in [5.74, 6) is 0. The Balaban J connectivity index is 0. The topological polar surface area (TPSA) is 174 Å². The van der Waals surface area contributed by atoms with Crippen LogP contribution in [0.4, 0.5) is 0 Å². The van der Waals surface area contributed by atoms with Gasteiger partial charge in [-0.25, -0.2) is 0 Å². The maximum atomic E-state index is 0. The van der Waals surface area contributed by atoms with Crippen molar-refractivity contribution in [2.45, 2.75) is 0 Å². The molecule has 2 N–H and O–H groups in total. The maximum Gasteiger partial charge on any atom is 4.00 e. The molecule has 0 aliphatic carbocycles. The van der Waals surface area contributed by atoms with Gasteiger partial charge in [-0.15, -0.1) is 0 Å². The van der Waals surface area contributed by atoms with Gasteiger partial charge >= 0.3 is 105 Å². The minimum atomic E-state index is 0. The molecular weight excluding hydrogens is 393 g/mol. The Morgan fingerprint density at radius 3 is 0.500 bits per heavy atom. The van der Waals surface area contributed by atoms with E-state index >= 15 is 0 Å². The van der Waals surface area contributed by atoms with Crippen LogP contribution < -0.4 is 0 Å². The van der Waals surface area contributed by atoms with Crippen molar-refractivity contribution in [3.8, 4) is 0 Å². The third kappa shape index (κ3) is 118. The van der Waals surface area contributed by atoms with E-state index in [1.165, 1.54) is 0 Å². The molecule has 60 valence electrons. The van der Waals surface area contributed by atoms with Crippen molar-refractivity contribution in [2.75, 3.05) is 0 Å². The van der Waals surface area contributed by atoms with Crippen LogP contribution in [0.25, 0.3) is 0 Å². The summed E-state index contributed by atoms with van der Waals surface area (Å²) in [5, 5.41) is 0. The summed E-state index contributed by atoms with van der Waals surface area (Å²) in [6.07, 6.45) is 0. The fraction of sp³-hybridized carbons (Fsp3) is 0. The second-order valence-electron chi connectivity index (χ2n) is 0. The molecule has 0 rings (SSSR count). The molecule has 10 heavy (non-hydrogen) atoms. The standard InChI is InChI=1S/Ba.2Fe.H2O.5O.Ti/h;;;1H2;;;;;;/q3*+2;;5*-2;+4. The molecule has 10 heteroatoms. The van der Waals surface area contributed by atoms with Gasteiger partial charge in [0.05, 0.1) is 0 Å². The van der Waals surface area contributed by atoms with Crippen LogP contribution >= 0.6 is 0 Å². The molecule has 0 saturated carbocycles. The Morgan fingerprint density at radius 2 is 0.500 bits per heavy atom. The summed E-state index contributed by atoms with van der Waals surface area (Å²) < 4.78 is 0. The van der Waals surface area contributed by atoms with Gasteiger partial charge in [-0.2, -0.15) is 0 Å².